The maximum atomic E-state index is 11.0. The summed E-state index contributed by atoms with van der Waals surface area (Å²) in [7, 11) is 1.42. The monoisotopic (exact) mass is 154 g/mol. The van der Waals surface area contributed by atoms with Crippen LogP contribution in [0.25, 0.3) is 0 Å². The third kappa shape index (κ3) is 1.19. The Hall–Kier alpha value is -1.09. The molecule has 0 saturated carbocycles. The molecule has 0 saturated heterocycles. The molecule has 0 fully saturated rings. The lowest BCUT2D eigenvalue weighted by atomic mass is 10.0. The maximum absolute atomic E-state index is 11.0. The number of aliphatic hydroxyl groups excluding tert-OH is 1. The molecule has 0 aliphatic heterocycles. The minimum atomic E-state index is -0.843. The summed E-state index contributed by atoms with van der Waals surface area (Å²) in [6.07, 6.45) is 1.89. The van der Waals surface area contributed by atoms with Crippen LogP contribution in [-0.2, 0) is 9.53 Å². The van der Waals surface area contributed by atoms with Crippen LogP contribution in [0, 0.1) is 5.92 Å². The van der Waals surface area contributed by atoms with Gasteiger partial charge < -0.3 is 9.84 Å². The first kappa shape index (κ1) is 8.01. The van der Waals surface area contributed by atoms with Crippen molar-refractivity contribution in [1.82, 2.24) is 0 Å². The van der Waals surface area contributed by atoms with Crippen LogP contribution in [-0.4, -0.2) is 24.1 Å². The van der Waals surface area contributed by atoms with E-state index < -0.39 is 12.0 Å². The average Bonchev–Trinajstić information content (AvgIpc) is 2.26. The summed E-state index contributed by atoms with van der Waals surface area (Å²) in [5.74, 6) is -0.353. The van der Waals surface area contributed by atoms with Crippen LogP contribution in [0.3, 0.4) is 0 Å². The first-order valence-corrected chi connectivity index (χ1v) is 3.30. The van der Waals surface area contributed by atoms with Gasteiger partial charge in [0.15, 0.2) is 5.78 Å². The number of allylic oxidation sites excluding steroid dienone is 1. The Morgan fingerprint density at radius 3 is 2.73 bits per heavy atom. The van der Waals surface area contributed by atoms with Gasteiger partial charge in [-0.05, 0) is 0 Å². The van der Waals surface area contributed by atoms with Crippen LogP contribution in [0.1, 0.15) is 0 Å². The summed E-state index contributed by atoms with van der Waals surface area (Å²) >= 11 is 0. The van der Waals surface area contributed by atoms with Crippen LogP contribution in [0.2, 0.25) is 0 Å². The van der Waals surface area contributed by atoms with Crippen LogP contribution in [0.15, 0.2) is 24.5 Å². The first-order valence-electron chi connectivity index (χ1n) is 3.30. The third-order valence-electron chi connectivity index (χ3n) is 1.73. The Labute approximate surface area is 65.0 Å². The predicted molar refractivity (Wildman–Crippen MR) is 39.8 cm³/mol. The fourth-order valence-corrected chi connectivity index (χ4v) is 1.08. The van der Waals surface area contributed by atoms with Gasteiger partial charge in [-0.3, -0.25) is 4.79 Å². The van der Waals surface area contributed by atoms with E-state index in [1.54, 1.807) is 0 Å². The fraction of sp³-hybridized carbons (Fsp3) is 0.375. The number of methoxy groups -OCH3 is 1. The molecule has 0 heterocycles. The molecule has 11 heavy (non-hydrogen) atoms. The summed E-state index contributed by atoms with van der Waals surface area (Å²) in [6.45, 7) is 3.44. The Balaban J connectivity index is 2.83. The van der Waals surface area contributed by atoms with Crippen LogP contribution in [0.5, 0.6) is 0 Å². The van der Waals surface area contributed by atoms with Crippen LogP contribution >= 0.6 is 0 Å². The molecule has 0 radical (unpaired) electrons. The molecule has 1 aliphatic carbocycles. The molecule has 1 aliphatic rings. The number of carbonyl (C=O) groups is 1. The average molecular weight is 154 g/mol. The van der Waals surface area contributed by atoms with Crippen molar-refractivity contribution >= 4 is 5.78 Å². The van der Waals surface area contributed by atoms with E-state index in [1.165, 1.54) is 19.3 Å². The zero-order valence-electron chi connectivity index (χ0n) is 6.28. The number of aliphatic hydroxyl groups is 1. The van der Waals surface area contributed by atoms with E-state index in [-0.39, 0.29) is 5.78 Å². The van der Waals surface area contributed by atoms with Gasteiger partial charge in [0.1, 0.15) is 11.9 Å². The standard InChI is InChI=1S/C8H10O3/c1-3-5-6(9)4-7(11-2)8(5)10/h3-5,8,10H,1H2,2H3. The van der Waals surface area contributed by atoms with E-state index >= 15 is 0 Å². The zero-order valence-corrected chi connectivity index (χ0v) is 6.28. The summed E-state index contributed by atoms with van der Waals surface area (Å²) in [4.78, 5) is 11.0. The van der Waals surface area contributed by atoms with Crippen molar-refractivity contribution in [2.24, 2.45) is 5.92 Å². The van der Waals surface area contributed by atoms with Crippen molar-refractivity contribution < 1.29 is 14.6 Å². The molecule has 0 bridgehead atoms. The van der Waals surface area contributed by atoms with E-state index in [0.29, 0.717) is 5.76 Å². The van der Waals surface area contributed by atoms with Crippen molar-refractivity contribution in [2.75, 3.05) is 7.11 Å². The second-order valence-electron chi connectivity index (χ2n) is 2.36. The highest BCUT2D eigenvalue weighted by Crippen LogP contribution is 2.23. The molecule has 0 amide bonds. The SMILES string of the molecule is C=CC1C(=O)C=C(OC)C1O. The molecule has 60 valence electrons. The van der Waals surface area contributed by atoms with E-state index in [4.69, 9.17) is 4.74 Å². The molecular weight excluding hydrogens is 144 g/mol. The van der Waals surface area contributed by atoms with E-state index in [1.807, 2.05) is 0 Å². The lowest BCUT2D eigenvalue weighted by molar-refractivity contribution is -0.117. The molecule has 2 unspecified atom stereocenters. The highest BCUT2D eigenvalue weighted by Gasteiger charge is 2.33. The number of carbonyl (C=O) groups excluding carboxylic acids is 1. The lowest BCUT2D eigenvalue weighted by Crippen LogP contribution is -2.20. The summed E-state index contributed by atoms with van der Waals surface area (Å²) in [5.41, 5.74) is 0. The van der Waals surface area contributed by atoms with Crippen LogP contribution in [0.4, 0.5) is 0 Å². The Bertz CT molecular complexity index is 217. The van der Waals surface area contributed by atoms with Gasteiger partial charge in [0, 0.05) is 6.08 Å². The van der Waals surface area contributed by atoms with Crippen LogP contribution < -0.4 is 0 Å². The smallest absolute Gasteiger partial charge is 0.169 e. The summed E-state index contributed by atoms with van der Waals surface area (Å²) in [6, 6.07) is 0. The number of ketones is 1. The largest absolute Gasteiger partial charge is 0.498 e. The zero-order chi connectivity index (χ0) is 8.43. The molecule has 2 atom stereocenters. The molecule has 3 nitrogen and oxygen atoms in total. The van der Waals surface area contributed by atoms with Crippen molar-refractivity contribution in [1.29, 1.82) is 0 Å². The summed E-state index contributed by atoms with van der Waals surface area (Å²) in [5, 5.41) is 9.33. The molecular formula is C8H10O3. The van der Waals surface area contributed by atoms with E-state index in [2.05, 4.69) is 6.58 Å². The maximum Gasteiger partial charge on any atom is 0.169 e. The molecule has 3 heteroatoms. The van der Waals surface area contributed by atoms with Gasteiger partial charge in [0.05, 0.1) is 13.0 Å². The number of ether oxygens (including phenoxy) is 1. The van der Waals surface area contributed by atoms with Gasteiger partial charge >= 0.3 is 0 Å². The van der Waals surface area contributed by atoms with Crippen molar-refractivity contribution in [2.45, 2.75) is 6.10 Å². The second kappa shape index (κ2) is 2.88. The van der Waals surface area contributed by atoms with Crippen molar-refractivity contribution in [3.63, 3.8) is 0 Å². The molecule has 1 rings (SSSR count). The minimum Gasteiger partial charge on any atom is -0.498 e. The second-order valence-corrected chi connectivity index (χ2v) is 2.36. The number of hydrogen-bond acceptors (Lipinski definition) is 3. The van der Waals surface area contributed by atoms with Crippen molar-refractivity contribution in [3.05, 3.63) is 24.5 Å². The Morgan fingerprint density at radius 2 is 2.45 bits per heavy atom. The van der Waals surface area contributed by atoms with Crippen molar-refractivity contribution in [3.8, 4) is 0 Å². The quantitative estimate of drug-likeness (QED) is 0.580. The van der Waals surface area contributed by atoms with Gasteiger partial charge in [0.25, 0.3) is 0 Å². The lowest BCUT2D eigenvalue weighted by Gasteiger charge is -2.10. The number of hydrogen-bond donors (Lipinski definition) is 1. The molecule has 0 aromatic heterocycles. The van der Waals surface area contributed by atoms with Gasteiger partial charge in [-0.15, -0.1) is 6.58 Å². The normalized spacial score (nSPS) is 30.0. The first-order chi connectivity index (χ1) is 5.20. The Morgan fingerprint density at radius 1 is 1.82 bits per heavy atom. The Kier molecular flexibility index (Phi) is 2.10. The number of rotatable bonds is 2. The van der Waals surface area contributed by atoms with E-state index in [9.17, 15) is 9.90 Å². The molecule has 0 spiro atoms. The topological polar surface area (TPSA) is 46.5 Å². The third-order valence-corrected chi connectivity index (χ3v) is 1.73. The molecule has 0 aromatic rings. The van der Waals surface area contributed by atoms with E-state index in [0.717, 1.165) is 0 Å². The summed E-state index contributed by atoms with van der Waals surface area (Å²) < 4.78 is 4.77. The minimum absolute atomic E-state index is 0.149. The van der Waals surface area contributed by atoms with Gasteiger partial charge in [-0.25, -0.2) is 0 Å². The highest BCUT2D eigenvalue weighted by atomic mass is 16.5. The van der Waals surface area contributed by atoms with Gasteiger partial charge in [-0.1, -0.05) is 6.08 Å². The highest BCUT2D eigenvalue weighted by molar-refractivity contribution is 5.96. The fourth-order valence-electron chi connectivity index (χ4n) is 1.08. The van der Waals surface area contributed by atoms with Gasteiger partial charge in [-0.2, -0.15) is 0 Å². The molecule has 1 N–H and O–H groups in total. The molecule has 0 aromatic carbocycles. The van der Waals surface area contributed by atoms with Gasteiger partial charge in [0.2, 0.25) is 0 Å². The predicted octanol–water partition coefficient (Wildman–Crippen LogP) is 0.263.